The van der Waals surface area contributed by atoms with Gasteiger partial charge in [0.1, 0.15) is 23.5 Å². The largest absolute Gasteiger partial charge is 0.366 e. The molecular formula is C11H16F2N4O3. The molecule has 0 spiro atoms. The Morgan fingerprint density at radius 1 is 1.65 bits per heavy atom. The summed E-state index contributed by atoms with van der Waals surface area (Å²) in [6, 6.07) is 0. The Morgan fingerprint density at radius 3 is 2.75 bits per heavy atom. The topological polar surface area (TPSA) is 96.2 Å². The summed E-state index contributed by atoms with van der Waals surface area (Å²) in [7, 11) is 1.45. The van der Waals surface area contributed by atoms with Gasteiger partial charge in [0.05, 0.1) is 11.0 Å². The van der Waals surface area contributed by atoms with Crippen LogP contribution in [0.1, 0.15) is 32.1 Å². The summed E-state index contributed by atoms with van der Waals surface area (Å²) in [5.74, 6) is -3.20. The van der Waals surface area contributed by atoms with Gasteiger partial charge in [-0.05, 0) is 13.8 Å². The SMILES string of the molecule is C[C@H]1O[C@@H](c2c([N+](=O)[O-])cnn2C)CC(F)(F)[C@@]1(C)N. The molecular weight excluding hydrogens is 274 g/mol. The highest BCUT2D eigenvalue weighted by Gasteiger charge is 2.57. The number of halogens is 2. The zero-order valence-corrected chi connectivity index (χ0v) is 11.3. The van der Waals surface area contributed by atoms with Crippen LogP contribution >= 0.6 is 0 Å². The summed E-state index contributed by atoms with van der Waals surface area (Å²) in [6.45, 7) is 2.65. The van der Waals surface area contributed by atoms with Crippen molar-refractivity contribution in [2.24, 2.45) is 12.8 Å². The Kier molecular flexibility index (Phi) is 3.29. The Balaban J connectivity index is 2.41. The number of nitrogens with two attached hydrogens (primary N) is 1. The van der Waals surface area contributed by atoms with Crippen molar-refractivity contribution in [1.29, 1.82) is 0 Å². The van der Waals surface area contributed by atoms with Gasteiger partial charge in [-0.15, -0.1) is 0 Å². The Hall–Kier alpha value is -1.61. The van der Waals surface area contributed by atoms with E-state index < -0.39 is 35.0 Å². The smallest absolute Gasteiger partial charge is 0.312 e. The van der Waals surface area contributed by atoms with Crippen molar-refractivity contribution in [2.45, 2.75) is 43.9 Å². The first-order chi connectivity index (χ1) is 9.08. The molecule has 0 aliphatic carbocycles. The zero-order chi connectivity index (χ0) is 15.3. The van der Waals surface area contributed by atoms with E-state index in [4.69, 9.17) is 10.5 Å². The maximum atomic E-state index is 14.1. The van der Waals surface area contributed by atoms with Crippen molar-refractivity contribution >= 4 is 5.69 Å². The molecule has 1 aliphatic rings. The monoisotopic (exact) mass is 290 g/mol. The molecule has 2 rings (SSSR count). The van der Waals surface area contributed by atoms with Crippen molar-refractivity contribution in [2.75, 3.05) is 0 Å². The summed E-state index contributed by atoms with van der Waals surface area (Å²) in [5.41, 5.74) is 3.49. The van der Waals surface area contributed by atoms with E-state index in [2.05, 4.69) is 5.10 Å². The highest BCUT2D eigenvalue weighted by atomic mass is 19.3. The van der Waals surface area contributed by atoms with Crippen molar-refractivity contribution in [3.63, 3.8) is 0 Å². The van der Waals surface area contributed by atoms with Crippen molar-refractivity contribution in [1.82, 2.24) is 9.78 Å². The van der Waals surface area contributed by atoms with Crippen LogP contribution in [-0.4, -0.2) is 32.3 Å². The van der Waals surface area contributed by atoms with Crippen molar-refractivity contribution in [3.8, 4) is 0 Å². The third kappa shape index (κ3) is 2.06. The van der Waals surface area contributed by atoms with E-state index >= 15 is 0 Å². The molecule has 0 aromatic carbocycles. The fourth-order valence-electron chi connectivity index (χ4n) is 2.30. The minimum atomic E-state index is -3.20. The fraction of sp³-hybridized carbons (Fsp3) is 0.727. The van der Waals surface area contributed by atoms with Crippen LogP contribution < -0.4 is 5.73 Å². The van der Waals surface area contributed by atoms with Gasteiger partial charge < -0.3 is 10.5 Å². The molecule has 1 saturated heterocycles. The summed E-state index contributed by atoms with van der Waals surface area (Å²) in [5, 5.41) is 14.7. The standard InChI is InChI=1S/C11H16F2N4O3/c1-6-10(2,14)11(12,13)4-8(20-6)9-7(17(18)19)5-15-16(9)3/h5-6,8H,4,14H2,1-3H3/t6-,8-,10+/m1/s1. The Labute approximate surface area is 113 Å². The Bertz CT molecular complexity index is 544. The lowest BCUT2D eigenvalue weighted by Gasteiger charge is -2.45. The lowest BCUT2D eigenvalue weighted by molar-refractivity contribution is -0.386. The quantitative estimate of drug-likeness (QED) is 0.658. The maximum absolute atomic E-state index is 14.1. The third-order valence-electron chi connectivity index (χ3n) is 3.91. The molecule has 0 saturated carbocycles. The average Bonchev–Trinajstić information content (AvgIpc) is 2.68. The summed E-state index contributed by atoms with van der Waals surface area (Å²) in [4.78, 5) is 10.3. The second-order valence-electron chi connectivity index (χ2n) is 5.25. The van der Waals surface area contributed by atoms with Gasteiger partial charge in [0, 0.05) is 13.5 Å². The number of alkyl halides is 2. The number of nitro groups is 1. The number of nitrogens with zero attached hydrogens (tertiary/aromatic N) is 3. The van der Waals surface area contributed by atoms with Gasteiger partial charge >= 0.3 is 5.69 Å². The molecule has 2 N–H and O–H groups in total. The van der Waals surface area contributed by atoms with Gasteiger partial charge in [-0.3, -0.25) is 14.8 Å². The lowest BCUT2D eigenvalue weighted by Crippen LogP contribution is -2.64. The summed E-state index contributed by atoms with van der Waals surface area (Å²) < 4.78 is 34.9. The number of aromatic nitrogens is 2. The molecule has 2 heterocycles. The minimum Gasteiger partial charge on any atom is -0.366 e. The normalized spacial score (nSPS) is 33.1. The first-order valence-electron chi connectivity index (χ1n) is 6.06. The van der Waals surface area contributed by atoms with Gasteiger partial charge in [-0.25, -0.2) is 8.78 Å². The van der Waals surface area contributed by atoms with Gasteiger partial charge in [-0.2, -0.15) is 5.10 Å². The number of ether oxygens (including phenoxy) is 1. The molecule has 7 nitrogen and oxygen atoms in total. The number of hydrogen-bond donors (Lipinski definition) is 1. The van der Waals surface area contributed by atoms with Crippen LogP contribution in [0.25, 0.3) is 0 Å². The predicted octanol–water partition coefficient (Wildman–Crippen LogP) is 1.53. The summed E-state index contributed by atoms with van der Waals surface area (Å²) >= 11 is 0. The van der Waals surface area contributed by atoms with Crippen molar-refractivity contribution in [3.05, 3.63) is 22.0 Å². The zero-order valence-electron chi connectivity index (χ0n) is 11.3. The molecule has 9 heteroatoms. The highest BCUT2D eigenvalue weighted by molar-refractivity contribution is 5.35. The molecule has 0 amide bonds. The van der Waals surface area contributed by atoms with Gasteiger partial charge in [-0.1, -0.05) is 0 Å². The Morgan fingerprint density at radius 2 is 2.25 bits per heavy atom. The van der Waals surface area contributed by atoms with Crippen molar-refractivity contribution < 1.29 is 18.4 Å². The minimum absolute atomic E-state index is 0.0250. The number of hydrogen-bond acceptors (Lipinski definition) is 5. The van der Waals surface area contributed by atoms with Gasteiger partial charge in [0.2, 0.25) is 0 Å². The van der Waals surface area contributed by atoms with E-state index in [-0.39, 0.29) is 11.4 Å². The lowest BCUT2D eigenvalue weighted by atomic mass is 9.82. The van der Waals surface area contributed by atoms with Crippen LogP contribution in [0.4, 0.5) is 14.5 Å². The molecule has 0 radical (unpaired) electrons. The maximum Gasteiger partial charge on any atom is 0.312 e. The first kappa shape index (κ1) is 14.8. The second kappa shape index (κ2) is 4.45. The molecule has 1 fully saturated rings. The van der Waals surface area contributed by atoms with Crippen LogP contribution in [0, 0.1) is 10.1 Å². The molecule has 1 aromatic rings. The molecule has 3 atom stereocenters. The van der Waals surface area contributed by atoms with E-state index in [1.807, 2.05) is 0 Å². The highest BCUT2D eigenvalue weighted by Crippen LogP contribution is 2.46. The van der Waals surface area contributed by atoms with Crippen LogP contribution in [0.3, 0.4) is 0 Å². The van der Waals surface area contributed by atoms with E-state index in [1.165, 1.54) is 25.6 Å². The second-order valence-corrected chi connectivity index (χ2v) is 5.25. The number of aryl methyl sites for hydroxylation is 1. The van der Waals surface area contributed by atoms with E-state index in [9.17, 15) is 18.9 Å². The van der Waals surface area contributed by atoms with Crippen LogP contribution in [0.15, 0.2) is 6.20 Å². The van der Waals surface area contributed by atoms with E-state index in [0.717, 1.165) is 6.20 Å². The first-order valence-corrected chi connectivity index (χ1v) is 6.06. The fourth-order valence-corrected chi connectivity index (χ4v) is 2.30. The third-order valence-corrected chi connectivity index (χ3v) is 3.91. The molecule has 0 unspecified atom stereocenters. The molecule has 1 aliphatic heterocycles. The van der Waals surface area contributed by atoms with E-state index in [0.29, 0.717) is 0 Å². The molecule has 1 aromatic heterocycles. The van der Waals surface area contributed by atoms with Crippen LogP contribution in [0.5, 0.6) is 0 Å². The van der Waals surface area contributed by atoms with Crippen LogP contribution in [-0.2, 0) is 11.8 Å². The molecule has 112 valence electrons. The van der Waals surface area contributed by atoms with Crippen LogP contribution in [0.2, 0.25) is 0 Å². The van der Waals surface area contributed by atoms with Gasteiger partial charge in [0.15, 0.2) is 0 Å². The summed E-state index contributed by atoms with van der Waals surface area (Å²) in [6.07, 6.45) is -1.77. The molecule has 20 heavy (non-hydrogen) atoms. The average molecular weight is 290 g/mol. The molecule has 0 bridgehead atoms. The van der Waals surface area contributed by atoms with Gasteiger partial charge in [0.25, 0.3) is 5.92 Å². The number of rotatable bonds is 2. The van der Waals surface area contributed by atoms with E-state index in [1.54, 1.807) is 0 Å². The predicted molar refractivity (Wildman–Crippen MR) is 65.3 cm³/mol.